The number of aromatic nitrogens is 3. The molecule has 0 spiro atoms. The number of hydrogen-bond acceptors (Lipinski definition) is 7. The zero-order valence-electron chi connectivity index (χ0n) is 17.3. The van der Waals surface area contributed by atoms with E-state index in [9.17, 15) is 8.42 Å². The van der Waals surface area contributed by atoms with Gasteiger partial charge in [-0.25, -0.2) is 13.1 Å². The van der Waals surface area contributed by atoms with Crippen molar-refractivity contribution in [1.29, 1.82) is 0 Å². The largest absolute Gasteiger partial charge is 0.378 e. The molecule has 1 N–H and O–H groups in total. The third kappa shape index (κ3) is 5.04. The highest BCUT2D eigenvalue weighted by Crippen LogP contribution is 2.29. The van der Waals surface area contributed by atoms with Crippen LogP contribution in [0, 0.1) is 0 Å². The summed E-state index contributed by atoms with van der Waals surface area (Å²) in [5.74, 6) is 0. The van der Waals surface area contributed by atoms with Crippen molar-refractivity contribution in [2.24, 2.45) is 0 Å². The van der Waals surface area contributed by atoms with Gasteiger partial charge in [-0.3, -0.25) is 4.72 Å². The summed E-state index contributed by atoms with van der Waals surface area (Å²) in [7, 11) is -3.81. The fourth-order valence-electron chi connectivity index (χ4n) is 3.33. The van der Waals surface area contributed by atoms with Crippen molar-refractivity contribution in [2.45, 2.75) is 18.4 Å². The Morgan fingerprint density at radius 1 is 1.13 bits per heavy atom. The molecular weight excluding hydrogens is 418 g/mol. The van der Waals surface area contributed by atoms with Crippen molar-refractivity contribution in [3.8, 4) is 5.69 Å². The highest BCUT2D eigenvalue weighted by molar-refractivity contribution is 7.92. The fraction of sp³-hybridized carbons (Fsp3) is 0.333. The Hall–Kier alpha value is -2.95. The number of ether oxygens (including phenoxy) is 2. The van der Waals surface area contributed by atoms with E-state index >= 15 is 0 Å². The van der Waals surface area contributed by atoms with Crippen molar-refractivity contribution < 1.29 is 17.9 Å². The van der Waals surface area contributed by atoms with Crippen molar-refractivity contribution in [3.63, 3.8) is 0 Å². The second kappa shape index (κ2) is 9.46. The molecule has 164 valence electrons. The van der Waals surface area contributed by atoms with Gasteiger partial charge in [0.1, 0.15) is 5.69 Å². The standard InChI is InChI=1S/C21H25N5O4S/c1-2-29-16-17-15-26(24-22-17)18-6-5-7-19(14-18)31(27,28)23-20-8-3-4-9-21(20)25-10-12-30-13-11-25/h3-9,14-15,23H,2,10-13,16H2,1H3. The van der Waals surface area contributed by atoms with Crippen LogP contribution in [0.2, 0.25) is 0 Å². The van der Waals surface area contributed by atoms with Gasteiger partial charge < -0.3 is 14.4 Å². The van der Waals surface area contributed by atoms with Crippen molar-refractivity contribution in [3.05, 3.63) is 60.4 Å². The quantitative estimate of drug-likeness (QED) is 0.571. The van der Waals surface area contributed by atoms with Gasteiger partial charge in [0, 0.05) is 19.7 Å². The molecule has 1 fully saturated rings. The smallest absolute Gasteiger partial charge is 0.262 e. The number of anilines is 2. The van der Waals surface area contributed by atoms with Gasteiger partial charge in [0.2, 0.25) is 0 Å². The zero-order chi connectivity index (χ0) is 21.7. The van der Waals surface area contributed by atoms with Crippen LogP contribution in [0.15, 0.2) is 59.6 Å². The lowest BCUT2D eigenvalue weighted by Gasteiger charge is -2.30. The Morgan fingerprint density at radius 2 is 1.94 bits per heavy atom. The van der Waals surface area contributed by atoms with Gasteiger partial charge in [-0.05, 0) is 37.3 Å². The van der Waals surface area contributed by atoms with Gasteiger partial charge in [-0.2, -0.15) is 0 Å². The zero-order valence-corrected chi connectivity index (χ0v) is 18.1. The summed E-state index contributed by atoms with van der Waals surface area (Å²) in [5.41, 5.74) is 2.64. The second-order valence-corrected chi connectivity index (χ2v) is 8.69. The lowest BCUT2D eigenvalue weighted by atomic mass is 10.2. The molecule has 0 radical (unpaired) electrons. The minimum absolute atomic E-state index is 0.142. The van der Waals surface area contributed by atoms with Crippen LogP contribution < -0.4 is 9.62 Å². The van der Waals surface area contributed by atoms with E-state index in [1.807, 2.05) is 25.1 Å². The topological polar surface area (TPSA) is 98.6 Å². The van der Waals surface area contributed by atoms with Crippen LogP contribution in [0.3, 0.4) is 0 Å². The molecule has 0 atom stereocenters. The predicted molar refractivity (Wildman–Crippen MR) is 117 cm³/mol. The minimum atomic E-state index is -3.81. The molecule has 0 aliphatic carbocycles. The number of morpholine rings is 1. The van der Waals surface area contributed by atoms with Crippen LogP contribution >= 0.6 is 0 Å². The second-order valence-electron chi connectivity index (χ2n) is 7.01. The number of sulfonamides is 1. The number of para-hydroxylation sites is 2. The number of nitrogens with one attached hydrogen (secondary N) is 1. The molecule has 3 aromatic rings. The molecule has 1 aromatic heterocycles. The average molecular weight is 444 g/mol. The van der Waals surface area contributed by atoms with Crippen LogP contribution in [0.4, 0.5) is 11.4 Å². The number of rotatable bonds is 8. The molecule has 10 heteroatoms. The molecule has 0 saturated carbocycles. The van der Waals surface area contributed by atoms with Gasteiger partial charge in [-0.1, -0.05) is 23.4 Å². The highest BCUT2D eigenvalue weighted by atomic mass is 32.2. The molecule has 0 unspecified atom stereocenters. The molecule has 1 aliphatic rings. The first kappa shape index (κ1) is 21.3. The third-order valence-corrected chi connectivity index (χ3v) is 6.25. The Labute approximate surface area is 181 Å². The van der Waals surface area contributed by atoms with Crippen molar-refractivity contribution in [2.75, 3.05) is 42.5 Å². The third-order valence-electron chi connectivity index (χ3n) is 4.89. The number of benzene rings is 2. The number of nitrogens with zero attached hydrogens (tertiary/aromatic N) is 4. The summed E-state index contributed by atoms with van der Waals surface area (Å²) in [6, 6.07) is 14.0. The molecule has 2 heterocycles. The fourth-order valence-corrected chi connectivity index (χ4v) is 4.45. The van der Waals surface area contributed by atoms with Crippen LogP contribution in [0.1, 0.15) is 12.6 Å². The molecule has 31 heavy (non-hydrogen) atoms. The first-order chi connectivity index (χ1) is 15.1. The Balaban J connectivity index is 1.57. The minimum Gasteiger partial charge on any atom is -0.378 e. The van der Waals surface area contributed by atoms with Gasteiger partial charge >= 0.3 is 0 Å². The summed E-state index contributed by atoms with van der Waals surface area (Å²) < 4.78 is 41.3. The monoisotopic (exact) mass is 443 g/mol. The van der Waals surface area contributed by atoms with Crippen LogP contribution in [-0.4, -0.2) is 56.3 Å². The van der Waals surface area contributed by atoms with E-state index in [1.165, 1.54) is 4.68 Å². The van der Waals surface area contributed by atoms with E-state index in [2.05, 4.69) is 19.9 Å². The first-order valence-electron chi connectivity index (χ1n) is 10.1. The van der Waals surface area contributed by atoms with Gasteiger partial charge in [-0.15, -0.1) is 5.10 Å². The maximum atomic E-state index is 13.1. The summed E-state index contributed by atoms with van der Waals surface area (Å²) in [5, 5.41) is 8.13. The maximum Gasteiger partial charge on any atom is 0.262 e. The van der Waals surface area contributed by atoms with E-state index < -0.39 is 10.0 Å². The van der Waals surface area contributed by atoms with Crippen LogP contribution in [0.5, 0.6) is 0 Å². The summed E-state index contributed by atoms with van der Waals surface area (Å²) in [6.45, 7) is 5.50. The van der Waals surface area contributed by atoms with Crippen LogP contribution in [0.25, 0.3) is 5.69 Å². The normalized spacial score (nSPS) is 14.5. The van der Waals surface area contributed by atoms with Crippen molar-refractivity contribution >= 4 is 21.4 Å². The SMILES string of the molecule is CCOCc1cn(-c2cccc(S(=O)(=O)Nc3ccccc3N3CCOCC3)c2)nn1. The summed E-state index contributed by atoms with van der Waals surface area (Å²) in [6.07, 6.45) is 1.72. The highest BCUT2D eigenvalue weighted by Gasteiger charge is 2.20. The maximum absolute atomic E-state index is 13.1. The molecule has 9 nitrogen and oxygen atoms in total. The lowest BCUT2D eigenvalue weighted by molar-refractivity contribution is 0.123. The van der Waals surface area contributed by atoms with E-state index in [0.717, 1.165) is 5.69 Å². The Bertz CT molecular complexity index is 1130. The lowest BCUT2D eigenvalue weighted by Crippen LogP contribution is -2.36. The van der Waals surface area contributed by atoms with Crippen molar-refractivity contribution in [1.82, 2.24) is 15.0 Å². The summed E-state index contributed by atoms with van der Waals surface area (Å²) in [4.78, 5) is 2.26. The molecule has 0 bridgehead atoms. The average Bonchev–Trinajstić information content (AvgIpc) is 3.28. The molecular formula is C21H25N5O4S. The van der Waals surface area contributed by atoms with E-state index in [4.69, 9.17) is 9.47 Å². The predicted octanol–water partition coefficient (Wildman–Crippen LogP) is 2.44. The van der Waals surface area contributed by atoms with Crippen LogP contribution in [-0.2, 0) is 26.1 Å². The first-order valence-corrected chi connectivity index (χ1v) is 11.6. The van der Waals surface area contributed by atoms with Gasteiger partial charge in [0.05, 0.1) is 48.0 Å². The van der Waals surface area contributed by atoms with Gasteiger partial charge in [0.15, 0.2) is 0 Å². The molecule has 4 rings (SSSR count). The molecule has 0 amide bonds. The number of hydrogen-bond donors (Lipinski definition) is 1. The van der Waals surface area contributed by atoms with E-state index in [1.54, 1.807) is 36.5 Å². The molecule has 2 aromatic carbocycles. The van der Waals surface area contributed by atoms with E-state index in [0.29, 0.717) is 56.6 Å². The van der Waals surface area contributed by atoms with E-state index in [-0.39, 0.29) is 4.90 Å². The summed E-state index contributed by atoms with van der Waals surface area (Å²) >= 11 is 0. The Kier molecular flexibility index (Phi) is 6.50. The molecule has 1 aliphatic heterocycles. The van der Waals surface area contributed by atoms with Gasteiger partial charge in [0.25, 0.3) is 10.0 Å². The Morgan fingerprint density at radius 3 is 2.74 bits per heavy atom. The molecule has 1 saturated heterocycles.